The molecule has 0 atom stereocenters. The Bertz CT molecular complexity index is 1120. The molecule has 3 aromatic heterocycles. The van der Waals surface area contributed by atoms with Gasteiger partial charge in [-0.05, 0) is 42.7 Å². The highest BCUT2D eigenvalue weighted by Crippen LogP contribution is 2.29. The maximum Gasteiger partial charge on any atom is 0.166 e. The average Bonchev–Trinajstić information content (AvgIpc) is 2.71. The van der Waals surface area contributed by atoms with Crippen molar-refractivity contribution in [3.05, 3.63) is 63.6 Å². The maximum absolute atomic E-state index is 13.8. The van der Waals surface area contributed by atoms with Crippen LogP contribution in [-0.4, -0.2) is 26.7 Å². The van der Waals surface area contributed by atoms with E-state index in [0.29, 0.717) is 17.8 Å². The van der Waals surface area contributed by atoms with Gasteiger partial charge in [-0.3, -0.25) is 4.98 Å². The van der Waals surface area contributed by atoms with Gasteiger partial charge >= 0.3 is 0 Å². The summed E-state index contributed by atoms with van der Waals surface area (Å²) in [7, 11) is 0. The number of nitriles is 1. The Kier molecular flexibility index (Phi) is 4.65. The van der Waals surface area contributed by atoms with Gasteiger partial charge in [0.2, 0.25) is 0 Å². The zero-order chi connectivity index (χ0) is 19.8. The first-order valence-corrected chi connectivity index (χ1v) is 9.14. The number of nitrogens with zero attached hydrogens (tertiary/aromatic N) is 6. The molecule has 8 heteroatoms. The lowest BCUT2D eigenvalue weighted by Gasteiger charge is -2.30. The second-order valence-corrected chi connectivity index (χ2v) is 7.09. The molecule has 4 rings (SSSR count). The van der Waals surface area contributed by atoms with E-state index in [1.807, 2.05) is 19.9 Å². The summed E-state index contributed by atoms with van der Waals surface area (Å²) in [5.74, 6) is 0.212. The van der Waals surface area contributed by atoms with Crippen LogP contribution in [0.5, 0.6) is 0 Å². The van der Waals surface area contributed by atoms with Crippen LogP contribution in [0, 0.1) is 31.0 Å². The number of pyridine rings is 2. The largest absolute Gasteiger partial charge is 0.350 e. The lowest BCUT2D eigenvalue weighted by molar-refractivity contribution is 0.622. The first kappa shape index (κ1) is 18.3. The van der Waals surface area contributed by atoms with Crippen molar-refractivity contribution < 1.29 is 4.39 Å². The molecule has 0 unspecified atom stereocenters. The van der Waals surface area contributed by atoms with Crippen LogP contribution in [0.4, 0.5) is 10.2 Å². The summed E-state index contributed by atoms with van der Waals surface area (Å²) in [6.45, 7) is 5.20. The van der Waals surface area contributed by atoms with E-state index in [1.54, 1.807) is 6.20 Å². The van der Waals surface area contributed by atoms with E-state index in [0.717, 1.165) is 46.7 Å². The first-order chi connectivity index (χ1) is 13.5. The smallest absolute Gasteiger partial charge is 0.166 e. The van der Waals surface area contributed by atoms with E-state index in [4.69, 9.17) is 16.9 Å². The summed E-state index contributed by atoms with van der Waals surface area (Å²) >= 11 is 5.68. The molecule has 0 aromatic carbocycles. The molecule has 0 aliphatic carbocycles. The second-order valence-electron chi connectivity index (χ2n) is 6.73. The molecule has 0 bridgehead atoms. The molecular formula is C20H16ClFN6. The zero-order valence-corrected chi connectivity index (χ0v) is 16.1. The van der Waals surface area contributed by atoms with E-state index in [1.165, 1.54) is 12.3 Å². The summed E-state index contributed by atoms with van der Waals surface area (Å²) in [6, 6.07) is 5.43. The van der Waals surface area contributed by atoms with Crippen molar-refractivity contribution in [1.82, 2.24) is 20.2 Å². The molecule has 0 fully saturated rings. The predicted molar refractivity (Wildman–Crippen MR) is 103 cm³/mol. The molecule has 140 valence electrons. The Balaban J connectivity index is 1.68. The fraction of sp³-hybridized carbons (Fsp3) is 0.250. The summed E-state index contributed by atoms with van der Waals surface area (Å²) in [5.41, 5.74) is 5.60. The van der Waals surface area contributed by atoms with Crippen LogP contribution in [-0.2, 0) is 13.0 Å². The van der Waals surface area contributed by atoms with Gasteiger partial charge in [0.05, 0.1) is 0 Å². The Morgan fingerprint density at radius 3 is 2.61 bits per heavy atom. The molecule has 0 spiro atoms. The number of hydrogen-bond acceptors (Lipinski definition) is 6. The minimum atomic E-state index is -0.558. The normalized spacial score (nSPS) is 13.2. The van der Waals surface area contributed by atoms with E-state index in [9.17, 15) is 4.39 Å². The van der Waals surface area contributed by atoms with Crippen LogP contribution in [0.1, 0.15) is 28.1 Å². The van der Waals surface area contributed by atoms with Gasteiger partial charge in [-0.15, -0.1) is 10.2 Å². The summed E-state index contributed by atoms with van der Waals surface area (Å²) in [4.78, 5) is 10.6. The monoisotopic (exact) mass is 394 g/mol. The molecule has 0 saturated heterocycles. The van der Waals surface area contributed by atoms with E-state index < -0.39 is 5.82 Å². The molecule has 28 heavy (non-hydrogen) atoms. The van der Waals surface area contributed by atoms with Gasteiger partial charge in [0, 0.05) is 48.7 Å². The molecule has 0 radical (unpaired) electrons. The van der Waals surface area contributed by atoms with Crippen molar-refractivity contribution in [3.63, 3.8) is 0 Å². The summed E-state index contributed by atoms with van der Waals surface area (Å²) in [5, 5.41) is 17.3. The highest BCUT2D eigenvalue weighted by Gasteiger charge is 2.22. The minimum absolute atomic E-state index is 0.147. The highest BCUT2D eigenvalue weighted by molar-refractivity contribution is 6.29. The van der Waals surface area contributed by atoms with Gasteiger partial charge in [0.25, 0.3) is 0 Å². The number of rotatable bonds is 2. The molecular weight excluding hydrogens is 379 g/mol. The van der Waals surface area contributed by atoms with Crippen molar-refractivity contribution in [3.8, 4) is 17.2 Å². The van der Waals surface area contributed by atoms with Crippen molar-refractivity contribution >= 4 is 17.4 Å². The Morgan fingerprint density at radius 1 is 1.11 bits per heavy atom. The minimum Gasteiger partial charge on any atom is -0.350 e. The average molecular weight is 395 g/mol. The quantitative estimate of drug-likeness (QED) is 0.615. The molecule has 1 aliphatic rings. The van der Waals surface area contributed by atoms with Gasteiger partial charge in [0.1, 0.15) is 6.07 Å². The lowest BCUT2D eigenvalue weighted by atomic mass is 10.0. The van der Waals surface area contributed by atoms with Crippen LogP contribution >= 0.6 is 11.6 Å². The third-order valence-electron chi connectivity index (χ3n) is 5.07. The Morgan fingerprint density at radius 2 is 1.86 bits per heavy atom. The number of halogens is 2. The van der Waals surface area contributed by atoms with Gasteiger partial charge < -0.3 is 4.90 Å². The summed E-state index contributed by atoms with van der Waals surface area (Å²) < 4.78 is 13.8. The maximum atomic E-state index is 13.8. The van der Waals surface area contributed by atoms with Crippen LogP contribution < -0.4 is 4.90 Å². The van der Waals surface area contributed by atoms with Crippen LogP contribution in [0.25, 0.3) is 11.1 Å². The fourth-order valence-electron chi connectivity index (χ4n) is 3.34. The van der Waals surface area contributed by atoms with Gasteiger partial charge in [-0.2, -0.15) is 5.26 Å². The lowest BCUT2D eigenvalue weighted by Crippen LogP contribution is -2.32. The van der Waals surface area contributed by atoms with E-state index in [-0.39, 0.29) is 5.15 Å². The molecule has 1 aliphatic heterocycles. The van der Waals surface area contributed by atoms with Crippen molar-refractivity contribution in [2.45, 2.75) is 26.8 Å². The fourth-order valence-corrected chi connectivity index (χ4v) is 3.45. The standard InChI is InChI=1S/C20H16ClFN6/c1-11-12(2)20(27-26-18(11)7-23)28-4-3-17-15(10-28)5-13(8-24-17)14-6-16(22)19(21)25-9-14/h5-6,8-9H,3-4,10H2,1-2H3. The van der Waals surface area contributed by atoms with Crippen molar-refractivity contribution in [2.24, 2.45) is 0 Å². The van der Waals surface area contributed by atoms with Crippen LogP contribution in [0.15, 0.2) is 24.5 Å². The predicted octanol–water partition coefficient (Wildman–Crippen LogP) is 3.78. The Labute approximate surface area is 166 Å². The van der Waals surface area contributed by atoms with E-state index >= 15 is 0 Å². The Hall–Kier alpha value is -3.11. The van der Waals surface area contributed by atoms with Crippen LogP contribution in [0.3, 0.4) is 0 Å². The number of anilines is 1. The number of aromatic nitrogens is 4. The van der Waals surface area contributed by atoms with Gasteiger partial charge in [-0.25, -0.2) is 9.37 Å². The van der Waals surface area contributed by atoms with Gasteiger partial charge in [-0.1, -0.05) is 11.6 Å². The zero-order valence-electron chi connectivity index (χ0n) is 15.4. The highest BCUT2D eigenvalue weighted by atomic mass is 35.5. The third-order valence-corrected chi connectivity index (χ3v) is 5.35. The topological polar surface area (TPSA) is 78.6 Å². The SMILES string of the molecule is Cc1c(C#N)nnc(N2CCc3ncc(-c4cnc(Cl)c(F)c4)cc3C2)c1C. The molecule has 0 saturated carbocycles. The molecule has 4 heterocycles. The molecule has 3 aromatic rings. The van der Waals surface area contributed by atoms with Crippen molar-refractivity contribution in [2.75, 3.05) is 11.4 Å². The van der Waals surface area contributed by atoms with E-state index in [2.05, 4.69) is 31.1 Å². The van der Waals surface area contributed by atoms with Crippen LogP contribution in [0.2, 0.25) is 5.15 Å². The van der Waals surface area contributed by atoms with Crippen molar-refractivity contribution in [1.29, 1.82) is 5.26 Å². The third kappa shape index (κ3) is 3.16. The molecule has 0 N–H and O–H groups in total. The number of hydrogen-bond donors (Lipinski definition) is 0. The number of fused-ring (bicyclic) bond motifs is 1. The summed E-state index contributed by atoms with van der Waals surface area (Å²) in [6.07, 6.45) is 4.04. The van der Waals surface area contributed by atoms with Gasteiger partial charge in [0.15, 0.2) is 22.5 Å². The first-order valence-electron chi connectivity index (χ1n) is 8.76. The molecule has 0 amide bonds. The second kappa shape index (κ2) is 7.13. The molecule has 6 nitrogen and oxygen atoms in total.